The molecule has 0 bridgehead atoms. The number of aromatic nitrogens is 4. The Labute approximate surface area is 250 Å². The van der Waals surface area contributed by atoms with E-state index in [4.69, 9.17) is 37.7 Å². The lowest BCUT2D eigenvalue weighted by Crippen LogP contribution is -2.41. The van der Waals surface area contributed by atoms with Gasteiger partial charge in [-0.05, 0) is 0 Å². The van der Waals surface area contributed by atoms with Gasteiger partial charge in [-0.15, -0.1) is 0 Å². The van der Waals surface area contributed by atoms with Gasteiger partial charge >= 0.3 is 11.6 Å². The molecule has 2 saturated heterocycles. The summed E-state index contributed by atoms with van der Waals surface area (Å²) in [5, 5.41) is 0.911. The van der Waals surface area contributed by atoms with Gasteiger partial charge in [-0.2, -0.15) is 4.57 Å². The van der Waals surface area contributed by atoms with E-state index < -0.39 is 0 Å². The van der Waals surface area contributed by atoms with Gasteiger partial charge in [-0.1, -0.05) is 23.2 Å². The maximum absolute atomic E-state index is 7.13. The Morgan fingerprint density at radius 1 is 0.634 bits per heavy atom. The van der Waals surface area contributed by atoms with E-state index in [1.807, 2.05) is 77.1 Å². The lowest BCUT2D eigenvalue weighted by atomic mass is 10.2. The van der Waals surface area contributed by atoms with Gasteiger partial charge in [0, 0.05) is 98.7 Å². The molecule has 6 rings (SSSR count). The summed E-state index contributed by atoms with van der Waals surface area (Å²) in [6, 6.07) is 12.4. The van der Waals surface area contributed by atoms with E-state index in [2.05, 4.69) is 39.0 Å². The van der Waals surface area contributed by atoms with Crippen molar-refractivity contribution in [2.45, 2.75) is 0 Å². The van der Waals surface area contributed by atoms with Crippen molar-refractivity contribution in [2.24, 2.45) is 0 Å². The molecule has 9 nitrogen and oxygen atoms in total. The fourth-order valence-electron chi connectivity index (χ4n) is 5.13. The summed E-state index contributed by atoms with van der Waals surface area (Å²) < 4.78 is 16.8. The quantitative estimate of drug-likeness (QED) is 0.320. The van der Waals surface area contributed by atoms with Crippen molar-refractivity contribution < 1.29 is 23.2 Å². The predicted molar refractivity (Wildman–Crippen MR) is 159 cm³/mol. The first-order valence-corrected chi connectivity index (χ1v) is 14.5. The van der Waals surface area contributed by atoms with Crippen LogP contribution in [0, 0.1) is 0 Å². The van der Waals surface area contributed by atoms with E-state index >= 15 is 0 Å². The number of anilines is 3. The zero-order valence-corrected chi connectivity index (χ0v) is 24.8. The molecule has 2 aliphatic heterocycles. The Bertz CT molecular complexity index is 1490. The summed E-state index contributed by atoms with van der Waals surface area (Å²) in [4.78, 5) is 11.7. The molecule has 6 heterocycles. The van der Waals surface area contributed by atoms with Crippen molar-refractivity contribution in [1.29, 1.82) is 0 Å². The molecule has 0 N–H and O–H groups in total. The van der Waals surface area contributed by atoms with E-state index in [0.717, 1.165) is 69.7 Å². The minimum atomic E-state index is 0.455. The van der Waals surface area contributed by atoms with Crippen LogP contribution in [0.2, 0.25) is 10.0 Å². The molecule has 0 unspecified atom stereocenters. The lowest BCUT2D eigenvalue weighted by molar-refractivity contribution is -0.617. The van der Waals surface area contributed by atoms with Crippen LogP contribution in [0.1, 0.15) is 0 Å². The van der Waals surface area contributed by atoms with Gasteiger partial charge in [0.15, 0.2) is 12.4 Å². The molecule has 4 aromatic rings. The number of pyridine rings is 4. The van der Waals surface area contributed by atoms with Crippen LogP contribution in [0.25, 0.3) is 17.3 Å². The SMILES string of the molecule is CN(C)c1cc[n+](-c2nc(-[n+]3ccc(N4CCOCC4)cc3)c(Cl)c(-[n+]3ccc(N4CCOCC4)cc3)c2Cl)cc1. The largest absolute Gasteiger partial charge is 0.378 e. The monoisotopic (exact) mass is 594 g/mol. The van der Waals surface area contributed by atoms with Crippen LogP contribution in [0.4, 0.5) is 17.1 Å². The molecule has 0 amide bonds. The Kier molecular flexibility index (Phi) is 8.20. The Morgan fingerprint density at radius 3 is 1.44 bits per heavy atom. The van der Waals surface area contributed by atoms with Crippen LogP contribution in [0.5, 0.6) is 0 Å². The maximum Gasteiger partial charge on any atom is 0.358 e. The molecule has 4 aromatic heterocycles. The highest BCUT2D eigenvalue weighted by Crippen LogP contribution is 2.31. The van der Waals surface area contributed by atoms with Crippen LogP contribution in [0.3, 0.4) is 0 Å². The Morgan fingerprint density at radius 2 is 1.02 bits per heavy atom. The molecule has 2 aliphatic rings. The number of hydrogen-bond acceptors (Lipinski definition) is 6. The molecule has 0 aromatic carbocycles. The summed E-state index contributed by atoms with van der Waals surface area (Å²) in [6.07, 6.45) is 11.9. The van der Waals surface area contributed by atoms with Crippen LogP contribution >= 0.6 is 23.2 Å². The van der Waals surface area contributed by atoms with Gasteiger partial charge in [0.1, 0.15) is 0 Å². The lowest BCUT2D eigenvalue weighted by Gasteiger charge is -2.28. The van der Waals surface area contributed by atoms with Crippen molar-refractivity contribution in [3.05, 3.63) is 83.6 Å². The third-order valence-electron chi connectivity index (χ3n) is 7.47. The third-order valence-corrected chi connectivity index (χ3v) is 8.17. The molecule has 11 heteroatoms. The fourth-order valence-corrected chi connectivity index (χ4v) is 5.84. The van der Waals surface area contributed by atoms with E-state index in [1.165, 1.54) is 0 Å². The highest BCUT2D eigenvalue weighted by molar-refractivity contribution is 6.38. The van der Waals surface area contributed by atoms with E-state index in [0.29, 0.717) is 27.4 Å². The zero-order valence-electron chi connectivity index (χ0n) is 23.3. The van der Waals surface area contributed by atoms with Crippen molar-refractivity contribution in [2.75, 3.05) is 81.4 Å². The first kappa shape index (κ1) is 27.7. The number of hydrogen-bond donors (Lipinski definition) is 0. The summed E-state index contributed by atoms with van der Waals surface area (Å²) in [5.41, 5.74) is 4.01. The number of halogens is 2. The van der Waals surface area contributed by atoms with Crippen molar-refractivity contribution in [3.63, 3.8) is 0 Å². The molecule has 2 fully saturated rings. The van der Waals surface area contributed by atoms with Crippen LogP contribution in [0.15, 0.2) is 73.6 Å². The van der Waals surface area contributed by atoms with Gasteiger partial charge in [0.05, 0.1) is 51.2 Å². The molecule has 0 atom stereocenters. The number of rotatable bonds is 6. The average molecular weight is 596 g/mol. The Hall–Kier alpha value is -3.50. The highest BCUT2D eigenvalue weighted by Gasteiger charge is 2.34. The van der Waals surface area contributed by atoms with Crippen LogP contribution in [-0.2, 0) is 9.47 Å². The first-order valence-electron chi connectivity index (χ1n) is 13.8. The smallest absolute Gasteiger partial charge is 0.358 e. The van der Waals surface area contributed by atoms with Crippen molar-refractivity contribution in [1.82, 2.24) is 4.98 Å². The van der Waals surface area contributed by atoms with E-state index in [1.54, 1.807) is 0 Å². The van der Waals surface area contributed by atoms with Crippen molar-refractivity contribution in [3.8, 4) is 17.3 Å². The van der Waals surface area contributed by atoms with E-state index in [-0.39, 0.29) is 0 Å². The number of morpholine rings is 2. The third kappa shape index (κ3) is 5.81. The Balaban J connectivity index is 1.43. The molecule has 212 valence electrons. The second-order valence-corrected chi connectivity index (χ2v) is 11.0. The molecule has 0 spiro atoms. The fraction of sp³-hybridized carbons (Fsp3) is 0.333. The minimum absolute atomic E-state index is 0.455. The maximum atomic E-state index is 7.13. The molecular formula is C30H34Cl2N7O2+3. The molecule has 0 radical (unpaired) electrons. The van der Waals surface area contributed by atoms with Gasteiger partial charge in [-0.25, -0.2) is 9.13 Å². The van der Waals surface area contributed by atoms with Crippen LogP contribution < -0.4 is 28.4 Å². The zero-order chi connectivity index (χ0) is 28.3. The van der Waals surface area contributed by atoms with Gasteiger partial charge in [0.2, 0.25) is 10.0 Å². The summed E-state index contributed by atoms with van der Waals surface area (Å²) in [5.74, 6) is 1.17. The molecular weight excluding hydrogens is 561 g/mol. The minimum Gasteiger partial charge on any atom is -0.378 e. The average Bonchev–Trinajstić information content (AvgIpc) is 3.03. The second kappa shape index (κ2) is 12.2. The molecule has 0 saturated carbocycles. The normalized spacial score (nSPS) is 15.7. The predicted octanol–water partition coefficient (Wildman–Crippen LogP) is 2.96. The first-order chi connectivity index (χ1) is 20.0. The summed E-state index contributed by atoms with van der Waals surface area (Å²) >= 11 is 14.2. The summed E-state index contributed by atoms with van der Waals surface area (Å²) in [6.45, 7) is 6.40. The van der Waals surface area contributed by atoms with E-state index in [9.17, 15) is 0 Å². The topological polar surface area (TPSA) is 52.7 Å². The second-order valence-electron chi connectivity index (χ2n) is 10.2. The molecule has 0 aliphatic carbocycles. The van der Waals surface area contributed by atoms with Gasteiger partial charge in [-0.3, -0.25) is 0 Å². The van der Waals surface area contributed by atoms with Crippen LogP contribution in [-0.4, -0.2) is 71.7 Å². The van der Waals surface area contributed by atoms with Crippen molar-refractivity contribution >= 4 is 40.3 Å². The number of ether oxygens (including phenoxy) is 2. The van der Waals surface area contributed by atoms with Gasteiger partial charge < -0.3 is 24.2 Å². The summed E-state index contributed by atoms with van der Waals surface area (Å²) in [7, 11) is 4.02. The standard InChI is InChI=1S/C30H34Cl2N7O2/c1-34(2)23-3-11-38(12-4-23)29-26(31)28(37-9-5-24(6-10-37)35-15-19-40-20-16-35)27(32)30(33-29)39-13-7-25(8-14-39)36-17-21-41-22-18-36/h3-14H,15-22H2,1-2H3/q+3. The number of nitrogens with zero attached hydrogens (tertiary/aromatic N) is 7. The molecule has 41 heavy (non-hydrogen) atoms. The van der Waals surface area contributed by atoms with Gasteiger partial charge in [0.25, 0.3) is 5.69 Å². The highest BCUT2D eigenvalue weighted by atomic mass is 35.5.